The number of fused-ring (bicyclic) bond motifs is 2. The molecule has 0 radical (unpaired) electrons. The Balaban J connectivity index is 1.13. The molecule has 218 valence electrons. The molecule has 0 atom stereocenters. The molecule has 0 fully saturated rings. The van der Waals surface area contributed by atoms with Crippen LogP contribution in [-0.2, 0) is 0 Å². The van der Waals surface area contributed by atoms with Crippen LogP contribution in [0.15, 0.2) is 188 Å². The third kappa shape index (κ3) is 5.27. The van der Waals surface area contributed by atoms with E-state index in [1.807, 2.05) is 0 Å². The van der Waals surface area contributed by atoms with Crippen molar-refractivity contribution in [1.82, 2.24) is 0 Å². The number of hydrogen-bond acceptors (Lipinski definition) is 2. The van der Waals surface area contributed by atoms with Gasteiger partial charge in [-0.25, -0.2) is 0 Å². The maximum Gasteiger partial charge on any atom is 0.0540 e. The van der Waals surface area contributed by atoms with Crippen molar-refractivity contribution in [3.05, 3.63) is 188 Å². The molecule has 0 heterocycles. The standard InChI is InChI=1S/C44H32N2/c1-2-12-34(13-3-1)39-18-8-9-21-42(39)45-37-28-24-32(25-29-37)33-26-30-38(31-27-33)46(43-22-10-16-35-14-4-6-19-40(35)43)44-23-11-17-36-15-5-7-20-41(36)44/h1-31,45H. The number of hydrogen-bond donors (Lipinski definition) is 1. The first-order valence-electron chi connectivity index (χ1n) is 15.7. The molecule has 0 unspecified atom stereocenters. The quantitative estimate of drug-likeness (QED) is 0.199. The van der Waals surface area contributed by atoms with Crippen LogP contribution in [0, 0.1) is 0 Å². The average molecular weight is 589 g/mol. The van der Waals surface area contributed by atoms with E-state index in [2.05, 4.69) is 198 Å². The molecule has 8 aromatic carbocycles. The van der Waals surface area contributed by atoms with E-state index in [0.29, 0.717) is 0 Å². The monoisotopic (exact) mass is 588 g/mol. The molecule has 8 aromatic rings. The smallest absolute Gasteiger partial charge is 0.0540 e. The molecule has 0 aliphatic carbocycles. The van der Waals surface area contributed by atoms with Crippen LogP contribution in [0.2, 0.25) is 0 Å². The van der Waals surface area contributed by atoms with Gasteiger partial charge < -0.3 is 10.2 Å². The van der Waals surface area contributed by atoms with Crippen molar-refractivity contribution >= 4 is 50.0 Å². The summed E-state index contributed by atoms with van der Waals surface area (Å²) in [4.78, 5) is 2.39. The number of para-hydroxylation sites is 1. The molecule has 0 aromatic heterocycles. The van der Waals surface area contributed by atoms with Gasteiger partial charge in [0.1, 0.15) is 0 Å². The van der Waals surface area contributed by atoms with Gasteiger partial charge in [-0.05, 0) is 69.9 Å². The average Bonchev–Trinajstić information content (AvgIpc) is 3.13. The number of benzene rings is 8. The second-order valence-corrected chi connectivity index (χ2v) is 11.5. The lowest BCUT2D eigenvalue weighted by Gasteiger charge is -2.28. The summed E-state index contributed by atoms with van der Waals surface area (Å²) < 4.78 is 0. The summed E-state index contributed by atoms with van der Waals surface area (Å²) in [5, 5.41) is 8.52. The third-order valence-electron chi connectivity index (χ3n) is 8.65. The highest BCUT2D eigenvalue weighted by atomic mass is 15.1. The van der Waals surface area contributed by atoms with Gasteiger partial charge in [0.05, 0.1) is 11.4 Å². The summed E-state index contributed by atoms with van der Waals surface area (Å²) in [6.45, 7) is 0. The van der Waals surface area contributed by atoms with Gasteiger partial charge in [0.2, 0.25) is 0 Å². The Morgan fingerprint density at radius 1 is 0.348 bits per heavy atom. The Kier molecular flexibility index (Phi) is 7.22. The zero-order chi connectivity index (χ0) is 30.7. The highest BCUT2D eigenvalue weighted by Gasteiger charge is 2.17. The first kappa shape index (κ1) is 27.4. The molecule has 0 amide bonds. The Morgan fingerprint density at radius 3 is 1.48 bits per heavy atom. The summed E-state index contributed by atoms with van der Waals surface area (Å²) >= 11 is 0. The van der Waals surface area contributed by atoms with Crippen LogP contribution in [-0.4, -0.2) is 0 Å². The Bertz CT molecular complexity index is 2180. The van der Waals surface area contributed by atoms with Crippen molar-refractivity contribution in [3.8, 4) is 22.3 Å². The summed E-state index contributed by atoms with van der Waals surface area (Å²) in [7, 11) is 0. The van der Waals surface area contributed by atoms with Crippen LogP contribution in [0.3, 0.4) is 0 Å². The van der Waals surface area contributed by atoms with Crippen molar-refractivity contribution < 1.29 is 0 Å². The van der Waals surface area contributed by atoms with E-state index in [1.165, 1.54) is 43.8 Å². The fraction of sp³-hybridized carbons (Fsp3) is 0. The fourth-order valence-corrected chi connectivity index (χ4v) is 6.38. The second kappa shape index (κ2) is 12.1. The van der Waals surface area contributed by atoms with Crippen molar-refractivity contribution in [2.45, 2.75) is 0 Å². The minimum atomic E-state index is 1.06. The summed E-state index contributed by atoms with van der Waals surface area (Å²) in [5.41, 5.74) is 10.3. The fourth-order valence-electron chi connectivity index (χ4n) is 6.38. The molecule has 0 aliphatic heterocycles. The van der Waals surface area contributed by atoms with Gasteiger partial charge >= 0.3 is 0 Å². The largest absolute Gasteiger partial charge is 0.355 e. The predicted octanol–water partition coefficient (Wildman–Crippen LogP) is 12.5. The number of anilines is 5. The van der Waals surface area contributed by atoms with Gasteiger partial charge in [-0.2, -0.15) is 0 Å². The molecular weight excluding hydrogens is 556 g/mol. The first-order valence-corrected chi connectivity index (χ1v) is 15.7. The molecule has 0 spiro atoms. The summed E-state index contributed by atoms with van der Waals surface area (Å²) in [6, 6.07) is 66.9. The maximum atomic E-state index is 3.63. The van der Waals surface area contributed by atoms with Crippen molar-refractivity contribution in [3.63, 3.8) is 0 Å². The highest BCUT2D eigenvalue weighted by Crippen LogP contribution is 2.42. The molecule has 0 bridgehead atoms. The van der Waals surface area contributed by atoms with E-state index >= 15 is 0 Å². The van der Waals surface area contributed by atoms with Gasteiger partial charge in [-0.15, -0.1) is 0 Å². The minimum absolute atomic E-state index is 1.06. The van der Waals surface area contributed by atoms with E-state index in [4.69, 9.17) is 0 Å². The van der Waals surface area contributed by atoms with E-state index in [0.717, 1.165) is 28.4 Å². The molecule has 0 saturated carbocycles. The minimum Gasteiger partial charge on any atom is -0.355 e. The van der Waals surface area contributed by atoms with Gasteiger partial charge in [-0.1, -0.05) is 146 Å². The Morgan fingerprint density at radius 2 is 0.848 bits per heavy atom. The normalized spacial score (nSPS) is 11.0. The van der Waals surface area contributed by atoms with Crippen LogP contribution in [0.1, 0.15) is 0 Å². The Hall–Kier alpha value is -6.12. The topological polar surface area (TPSA) is 15.3 Å². The van der Waals surface area contributed by atoms with Crippen LogP contribution in [0.25, 0.3) is 43.8 Å². The lowest BCUT2D eigenvalue weighted by atomic mass is 10.0. The number of nitrogens with one attached hydrogen (secondary N) is 1. The lowest BCUT2D eigenvalue weighted by Crippen LogP contribution is -2.11. The number of rotatable bonds is 7. The van der Waals surface area contributed by atoms with E-state index < -0.39 is 0 Å². The van der Waals surface area contributed by atoms with Gasteiger partial charge in [0, 0.05) is 33.4 Å². The SMILES string of the molecule is c1ccc(-c2ccccc2Nc2ccc(-c3ccc(N(c4cccc5ccccc45)c4cccc5ccccc45)cc3)cc2)cc1. The summed E-state index contributed by atoms with van der Waals surface area (Å²) in [6.07, 6.45) is 0. The van der Waals surface area contributed by atoms with Crippen molar-refractivity contribution in [1.29, 1.82) is 0 Å². The van der Waals surface area contributed by atoms with Gasteiger partial charge in [0.25, 0.3) is 0 Å². The Labute approximate surface area is 269 Å². The van der Waals surface area contributed by atoms with Crippen LogP contribution in [0.5, 0.6) is 0 Å². The zero-order valence-corrected chi connectivity index (χ0v) is 25.3. The third-order valence-corrected chi connectivity index (χ3v) is 8.65. The number of nitrogens with zero attached hydrogens (tertiary/aromatic N) is 1. The molecule has 0 saturated heterocycles. The molecule has 0 aliphatic rings. The van der Waals surface area contributed by atoms with Crippen LogP contribution in [0.4, 0.5) is 28.4 Å². The van der Waals surface area contributed by atoms with Crippen LogP contribution >= 0.6 is 0 Å². The van der Waals surface area contributed by atoms with Gasteiger partial charge in [-0.3, -0.25) is 0 Å². The molecule has 8 rings (SSSR count). The molecule has 2 heteroatoms. The first-order chi connectivity index (χ1) is 22.8. The molecular formula is C44H32N2. The maximum absolute atomic E-state index is 3.63. The van der Waals surface area contributed by atoms with E-state index in [-0.39, 0.29) is 0 Å². The molecule has 46 heavy (non-hydrogen) atoms. The highest BCUT2D eigenvalue weighted by molar-refractivity contribution is 6.04. The van der Waals surface area contributed by atoms with Crippen molar-refractivity contribution in [2.75, 3.05) is 10.2 Å². The molecule has 2 nitrogen and oxygen atoms in total. The van der Waals surface area contributed by atoms with E-state index in [1.54, 1.807) is 0 Å². The lowest BCUT2D eigenvalue weighted by molar-refractivity contribution is 1.31. The second-order valence-electron chi connectivity index (χ2n) is 11.5. The van der Waals surface area contributed by atoms with Gasteiger partial charge in [0.15, 0.2) is 0 Å². The van der Waals surface area contributed by atoms with E-state index in [9.17, 15) is 0 Å². The molecule has 1 N–H and O–H groups in total. The zero-order valence-electron chi connectivity index (χ0n) is 25.3. The van der Waals surface area contributed by atoms with Crippen LogP contribution < -0.4 is 10.2 Å². The predicted molar refractivity (Wildman–Crippen MR) is 197 cm³/mol. The summed E-state index contributed by atoms with van der Waals surface area (Å²) in [5.74, 6) is 0. The van der Waals surface area contributed by atoms with Crippen molar-refractivity contribution in [2.24, 2.45) is 0 Å².